The number of morpholine rings is 1. The predicted molar refractivity (Wildman–Crippen MR) is 142 cm³/mol. The van der Waals surface area contributed by atoms with Crippen LogP contribution >= 0.6 is 11.6 Å². The van der Waals surface area contributed by atoms with E-state index in [-0.39, 0.29) is 5.78 Å². The summed E-state index contributed by atoms with van der Waals surface area (Å²) in [7, 11) is 0. The van der Waals surface area contributed by atoms with E-state index in [0.717, 1.165) is 86.0 Å². The minimum absolute atomic E-state index is 0.0429. The van der Waals surface area contributed by atoms with E-state index in [1.807, 2.05) is 24.3 Å². The van der Waals surface area contributed by atoms with Crippen molar-refractivity contribution in [1.29, 1.82) is 5.26 Å². The maximum absolute atomic E-state index is 13.7. The number of halogens is 1. The first kappa shape index (κ1) is 23.5. The zero-order chi connectivity index (χ0) is 25.0. The Morgan fingerprint density at radius 2 is 1.86 bits per heavy atom. The Labute approximate surface area is 217 Å². The van der Waals surface area contributed by atoms with Crippen LogP contribution in [0.4, 0.5) is 11.4 Å². The molecule has 1 aliphatic carbocycles. The normalized spacial score (nSPS) is 21.8. The molecule has 0 unspecified atom stereocenters. The van der Waals surface area contributed by atoms with Crippen molar-refractivity contribution in [2.24, 2.45) is 0 Å². The molecular weight excluding hydrogens is 472 g/mol. The number of nitrogens with zero attached hydrogens (tertiary/aromatic N) is 3. The van der Waals surface area contributed by atoms with Crippen LogP contribution in [0.15, 0.2) is 41.6 Å². The molecule has 0 amide bonds. The summed E-state index contributed by atoms with van der Waals surface area (Å²) in [5.41, 5.74) is 6.61. The molecule has 3 heterocycles. The highest BCUT2D eigenvalue weighted by Crippen LogP contribution is 2.47. The lowest BCUT2D eigenvalue weighted by molar-refractivity contribution is 0.0115. The van der Waals surface area contributed by atoms with Gasteiger partial charge in [0.05, 0.1) is 35.6 Å². The SMILES string of the molecule is CC1(C)C2=C(Cc3ccc(C#N)cc3N2)C(=O)c2cc(Cl)c(N3CCC(N4CCOCC4)CC3)cc21. The van der Waals surface area contributed by atoms with Gasteiger partial charge in [-0.3, -0.25) is 9.69 Å². The van der Waals surface area contributed by atoms with Gasteiger partial charge in [-0.2, -0.15) is 5.26 Å². The Morgan fingerprint density at radius 1 is 1.11 bits per heavy atom. The zero-order valence-electron chi connectivity index (χ0n) is 20.9. The van der Waals surface area contributed by atoms with Crippen LogP contribution in [0.1, 0.15) is 53.7 Å². The van der Waals surface area contributed by atoms with Gasteiger partial charge in [-0.15, -0.1) is 0 Å². The molecule has 6 rings (SSSR count). The molecule has 3 aliphatic heterocycles. The molecule has 0 atom stereocenters. The lowest BCUT2D eigenvalue weighted by atomic mass is 9.69. The number of fused-ring (bicyclic) bond motifs is 2. The summed E-state index contributed by atoms with van der Waals surface area (Å²) < 4.78 is 5.53. The van der Waals surface area contributed by atoms with Crippen LogP contribution in [0.2, 0.25) is 5.02 Å². The van der Waals surface area contributed by atoms with E-state index in [1.54, 1.807) is 0 Å². The number of rotatable bonds is 2. The van der Waals surface area contributed by atoms with Gasteiger partial charge in [0.15, 0.2) is 5.78 Å². The zero-order valence-corrected chi connectivity index (χ0v) is 21.6. The fourth-order valence-electron chi connectivity index (χ4n) is 6.35. The van der Waals surface area contributed by atoms with Gasteiger partial charge in [-0.25, -0.2) is 0 Å². The minimum Gasteiger partial charge on any atom is -0.379 e. The van der Waals surface area contributed by atoms with E-state index >= 15 is 0 Å². The number of carbonyl (C=O) groups is 1. The highest BCUT2D eigenvalue weighted by Gasteiger charge is 2.42. The van der Waals surface area contributed by atoms with Gasteiger partial charge in [0.1, 0.15) is 0 Å². The smallest absolute Gasteiger partial charge is 0.191 e. The van der Waals surface area contributed by atoms with Crippen molar-refractivity contribution in [3.8, 4) is 6.07 Å². The number of hydrogen-bond acceptors (Lipinski definition) is 6. The molecule has 7 heteroatoms. The molecular formula is C29H31ClN4O2. The van der Waals surface area contributed by atoms with Gasteiger partial charge in [-0.1, -0.05) is 31.5 Å². The molecule has 2 aromatic carbocycles. The van der Waals surface area contributed by atoms with Crippen LogP contribution in [0.25, 0.3) is 0 Å². The second-order valence-corrected chi connectivity index (χ2v) is 11.2. The highest BCUT2D eigenvalue weighted by molar-refractivity contribution is 6.34. The third kappa shape index (κ3) is 3.82. The number of Topliss-reactive ketones (excluding diaryl/α,β-unsaturated/α-hetero) is 1. The first-order valence-electron chi connectivity index (χ1n) is 12.9. The number of benzene rings is 2. The number of nitriles is 1. The summed E-state index contributed by atoms with van der Waals surface area (Å²) in [6.45, 7) is 9.93. The topological polar surface area (TPSA) is 68.6 Å². The third-order valence-corrected chi connectivity index (χ3v) is 8.74. The monoisotopic (exact) mass is 502 g/mol. The predicted octanol–water partition coefficient (Wildman–Crippen LogP) is 4.91. The summed E-state index contributed by atoms with van der Waals surface area (Å²) in [4.78, 5) is 18.6. The molecule has 2 aromatic rings. The molecule has 0 bridgehead atoms. The number of ketones is 1. The van der Waals surface area contributed by atoms with Crippen LogP contribution in [-0.2, 0) is 16.6 Å². The number of anilines is 2. The number of hydrogen-bond donors (Lipinski definition) is 1. The summed E-state index contributed by atoms with van der Waals surface area (Å²) in [5, 5.41) is 13.5. The fraction of sp³-hybridized carbons (Fsp3) is 0.448. The summed E-state index contributed by atoms with van der Waals surface area (Å²) >= 11 is 6.84. The first-order valence-corrected chi connectivity index (χ1v) is 13.2. The number of allylic oxidation sites excluding steroid dienone is 2. The Bertz CT molecular complexity index is 1310. The van der Waals surface area contributed by atoms with Crippen molar-refractivity contribution in [3.63, 3.8) is 0 Å². The molecule has 4 aliphatic rings. The van der Waals surface area contributed by atoms with Gasteiger partial charge >= 0.3 is 0 Å². The van der Waals surface area contributed by atoms with E-state index in [1.165, 1.54) is 0 Å². The van der Waals surface area contributed by atoms with E-state index in [4.69, 9.17) is 16.3 Å². The summed E-state index contributed by atoms with van der Waals surface area (Å²) in [6, 6.07) is 12.5. The summed E-state index contributed by atoms with van der Waals surface area (Å²) in [6.07, 6.45) is 2.76. The van der Waals surface area contributed by atoms with Gasteiger partial charge in [0.25, 0.3) is 0 Å². The molecule has 186 valence electrons. The van der Waals surface area contributed by atoms with Crippen molar-refractivity contribution in [2.75, 3.05) is 49.6 Å². The maximum Gasteiger partial charge on any atom is 0.191 e. The Balaban J connectivity index is 1.30. The number of piperidine rings is 1. The van der Waals surface area contributed by atoms with E-state index in [0.29, 0.717) is 28.6 Å². The Kier molecular flexibility index (Phi) is 5.83. The van der Waals surface area contributed by atoms with Gasteiger partial charge in [-0.05, 0) is 48.2 Å². The van der Waals surface area contributed by atoms with Crippen molar-refractivity contribution >= 4 is 28.8 Å². The van der Waals surface area contributed by atoms with Crippen molar-refractivity contribution in [1.82, 2.24) is 4.90 Å². The molecule has 0 spiro atoms. The third-order valence-electron chi connectivity index (χ3n) is 8.44. The molecule has 2 fully saturated rings. The van der Waals surface area contributed by atoms with E-state index < -0.39 is 5.41 Å². The second kappa shape index (κ2) is 8.92. The standard InChI is InChI=1S/C29H31ClN4O2/c1-29(2)23-16-26(34-7-5-20(6-8-34)33-9-11-36-12-10-33)24(30)15-21(23)27(35)22-14-19-4-3-18(17-31)13-25(19)32-28(22)29/h3-4,13,15-16,20,32H,5-12,14H2,1-2H3. The Morgan fingerprint density at radius 3 is 2.58 bits per heavy atom. The molecule has 0 radical (unpaired) electrons. The van der Waals surface area contributed by atoms with Crippen molar-refractivity contribution in [3.05, 3.63) is 68.9 Å². The summed E-state index contributed by atoms with van der Waals surface area (Å²) in [5.74, 6) is 0.0429. The first-order chi connectivity index (χ1) is 17.4. The Hall–Kier alpha value is -2.85. The lowest BCUT2D eigenvalue weighted by Gasteiger charge is -2.42. The largest absolute Gasteiger partial charge is 0.379 e. The van der Waals surface area contributed by atoms with Gasteiger partial charge < -0.3 is 15.0 Å². The van der Waals surface area contributed by atoms with Crippen molar-refractivity contribution < 1.29 is 9.53 Å². The highest BCUT2D eigenvalue weighted by atomic mass is 35.5. The number of carbonyl (C=O) groups excluding carboxylic acids is 1. The number of nitrogens with one attached hydrogen (secondary N) is 1. The lowest BCUT2D eigenvalue weighted by Crippen LogP contribution is -2.49. The minimum atomic E-state index is -0.398. The second-order valence-electron chi connectivity index (χ2n) is 10.8. The molecule has 1 N–H and O–H groups in total. The molecule has 0 aromatic heterocycles. The quantitative estimate of drug-likeness (QED) is 0.629. The van der Waals surface area contributed by atoms with Gasteiger partial charge in [0, 0.05) is 66.6 Å². The van der Waals surface area contributed by atoms with Crippen LogP contribution in [0.3, 0.4) is 0 Å². The average molecular weight is 503 g/mol. The molecule has 2 saturated heterocycles. The van der Waals surface area contributed by atoms with Crippen LogP contribution in [0.5, 0.6) is 0 Å². The van der Waals surface area contributed by atoms with Crippen molar-refractivity contribution in [2.45, 2.75) is 44.6 Å². The fourth-order valence-corrected chi connectivity index (χ4v) is 6.64. The van der Waals surface area contributed by atoms with E-state index in [2.05, 4.69) is 41.1 Å². The van der Waals surface area contributed by atoms with Gasteiger partial charge in [0.2, 0.25) is 0 Å². The molecule has 6 nitrogen and oxygen atoms in total. The number of ether oxygens (including phenoxy) is 1. The van der Waals surface area contributed by atoms with Crippen LogP contribution < -0.4 is 10.2 Å². The van der Waals surface area contributed by atoms with Crippen LogP contribution in [0, 0.1) is 11.3 Å². The van der Waals surface area contributed by atoms with E-state index in [9.17, 15) is 10.1 Å². The van der Waals surface area contributed by atoms with Crippen LogP contribution in [-0.4, -0.2) is 56.1 Å². The molecule has 36 heavy (non-hydrogen) atoms. The maximum atomic E-state index is 13.7. The average Bonchev–Trinajstić information content (AvgIpc) is 2.91. The molecule has 0 saturated carbocycles.